The van der Waals surface area contributed by atoms with Crippen LogP contribution in [0, 0.1) is 0 Å². The smallest absolute Gasteiger partial charge is 0.239 e. The van der Waals surface area contributed by atoms with Crippen LogP contribution in [0.25, 0.3) is 0 Å². The van der Waals surface area contributed by atoms with Gasteiger partial charge in [-0.3, -0.25) is 9.59 Å². The van der Waals surface area contributed by atoms with Crippen molar-refractivity contribution >= 4 is 11.8 Å². The maximum Gasteiger partial charge on any atom is 0.239 e. The molecule has 2 atom stereocenters. The first-order valence-electron chi connectivity index (χ1n) is 7.45. The van der Waals surface area contributed by atoms with E-state index in [2.05, 4.69) is 17.6 Å². The zero-order valence-corrected chi connectivity index (χ0v) is 11.8. The van der Waals surface area contributed by atoms with Crippen LogP contribution < -0.4 is 10.6 Å². The molecule has 5 nitrogen and oxygen atoms in total. The molecule has 2 rings (SSSR count). The van der Waals surface area contributed by atoms with Crippen molar-refractivity contribution in [2.45, 2.75) is 57.5 Å². The fourth-order valence-corrected chi connectivity index (χ4v) is 2.92. The molecule has 2 heterocycles. The second-order valence-electron chi connectivity index (χ2n) is 5.77. The lowest BCUT2D eigenvalue weighted by molar-refractivity contribution is -0.135. The Balaban J connectivity index is 1.78. The Morgan fingerprint density at radius 3 is 3.05 bits per heavy atom. The molecule has 0 saturated carbocycles. The van der Waals surface area contributed by atoms with E-state index >= 15 is 0 Å². The van der Waals surface area contributed by atoms with Gasteiger partial charge in [-0.05, 0) is 39.2 Å². The topological polar surface area (TPSA) is 61.4 Å². The van der Waals surface area contributed by atoms with E-state index in [9.17, 15) is 9.59 Å². The Kier molecular flexibility index (Phi) is 5.19. The molecular formula is C14H25N3O2. The average molecular weight is 267 g/mol. The Hall–Kier alpha value is -1.10. The number of nitrogens with zero attached hydrogens (tertiary/aromatic N) is 1. The van der Waals surface area contributed by atoms with Crippen LogP contribution in [0.4, 0.5) is 0 Å². The van der Waals surface area contributed by atoms with Crippen LogP contribution in [0.1, 0.15) is 45.4 Å². The SMILES string of the molecule is CC1CC(NC(=O)CN2CCCCCC2=O)CCN1. The van der Waals surface area contributed by atoms with Gasteiger partial charge in [-0.2, -0.15) is 0 Å². The minimum absolute atomic E-state index is 0.00523. The number of carbonyl (C=O) groups is 2. The van der Waals surface area contributed by atoms with Crippen LogP contribution in [0.5, 0.6) is 0 Å². The molecule has 2 saturated heterocycles. The molecule has 2 aliphatic heterocycles. The van der Waals surface area contributed by atoms with Gasteiger partial charge in [0.05, 0.1) is 6.54 Å². The van der Waals surface area contributed by atoms with Crippen molar-refractivity contribution in [3.8, 4) is 0 Å². The average Bonchev–Trinajstić information content (AvgIpc) is 2.55. The number of carbonyl (C=O) groups excluding carboxylic acids is 2. The number of likely N-dealkylation sites (tertiary alicyclic amines) is 1. The Labute approximate surface area is 115 Å². The number of rotatable bonds is 3. The Bertz CT molecular complexity index is 333. The fourth-order valence-electron chi connectivity index (χ4n) is 2.92. The number of piperidine rings is 1. The molecule has 0 radical (unpaired) electrons. The third-order valence-corrected chi connectivity index (χ3v) is 3.99. The minimum atomic E-state index is -0.00523. The third-order valence-electron chi connectivity index (χ3n) is 3.99. The summed E-state index contributed by atoms with van der Waals surface area (Å²) >= 11 is 0. The lowest BCUT2D eigenvalue weighted by Gasteiger charge is -2.29. The van der Waals surface area contributed by atoms with Crippen LogP contribution >= 0.6 is 0 Å². The number of hydrogen-bond donors (Lipinski definition) is 2. The molecule has 5 heteroatoms. The van der Waals surface area contributed by atoms with Crippen molar-refractivity contribution in [3.05, 3.63) is 0 Å². The highest BCUT2D eigenvalue weighted by Crippen LogP contribution is 2.11. The van der Waals surface area contributed by atoms with E-state index in [1.54, 1.807) is 4.90 Å². The molecule has 0 aromatic heterocycles. The molecule has 2 aliphatic rings. The van der Waals surface area contributed by atoms with Gasteiger partial charge >= 0.3 is 0 Å². The van der Waals surface area contributed by atoms with Gasteiger partial charge in [0.15, 0.2) is 0 Å². The van der Waals surface area contributed by atoms with Gasteiger partial charge < -0.3 is 15.5 Å². The minimum Gasteiger partial charge on any atom is -0.352 e. The standard InChI is InChI=1S/C14H25N3O2/c1-11-9-12(6-7-15-11)16-13(18)10-17-8-4-2-3-5-14(17)19/h11-12,15H,2-10H2,1H3,(H,16,18). The molecule has 2 fully saturated rings. The highest BCUT2D eigenvalue weighted by Gasteiger charge is 2.23. The maximum atomic E-state index is 12.0. The fraction of sp³-hybridized carbons (Fsp3) is 0.857. The molecular weight excluding hydrogens is 242 g/mol. The predicted octanol–water partition coefficient (Wildman–Crippen LogP) is 0.646. The molecule has 2 N–H and O–H groups in total. The van der Waals surface area contributed by atoms with E-state index in [-0.39, 0.29) is 24.4 Å². The van der Waals surface area contributed by atoms with Crippen molar-refractivity contribution in [1.82, 2.24) is 15.5 Å². The summed E-state index contributed by atoms with van der Waals surface area (Å²) in [6.07, 6.45) is 5.61. The lowest BCUT2D eigenvalue weighted by Crippen LogP contribution is -2.49. The summed E-state index contributed by atoms with van der Waals surface area (Å²) in [6, 6.07) is 0.713. The van der Waals surface area contributed by atoms with Gasteiger partial charge in [-0.15, -0.1) is 0 Å². The lowest BCUT2D eigenvalue weighted by atomic mass is 10.0. The summed E-state index contributed by atoms with van der Waals surface area (Å²) in [5.74, 6) is 0.126. The zero-order valence-electron chi connectivity index (χ0n) is 11.8. The van der Waals surface area contributed by atoms with E-state index in [1.165, 1.54) is 0 Å². The molecule has 2 unspecified atom stereocenters. The Morgan fingerprint density at radius 1 is 1.42 bits per heavy atom. The van der Waals surface area contributed by atoms with Crippen LogP contribution in [-0.4, -0.2) is 48.4 Å². The van der Waals surface area contributed by atoms with Crippen LogP contribution in [-0.2, 0) is 9.59 Å². The van der Waals surface area contributed by atoms with E-state index in [0.717, 1.165) is 45.2 Å². The van der Waals surface area contributed by atoms with Gasteiger partial charge in [0.2, 0.25) is 11.8 Å². The first-order chi connectivity index (χ1) is 9.15. The third kappa shape index (κ3) is 4.49. The van der Waals surface area contributed by atoms with E-state index in [4.69, 9.17) is 0 Å². The van der Waals surface area contributed by atoms with E-state index in [1.807, 2.05) is 0 Å². The highest BCUT2D eigenvalue weighted by atomic mass is 16.2. The van der Waals surface area contributed by atoms with Crippen molar-refractivity contribution in [2.75, 3.05) is 19.6 Å². The first kappa shape index (κ1) is 14.3. The van der Waals surface area contributed by atoms with Gasteiger partial charge in [0, 0.05) is 25.0 Å². The molecule has 108 valence electrons. The van der Waals surface area contributed by atoms with Gasteiger partial charge in [0.25, 0.3) is 0 Å². The molecule has 0 aromatic rings. The molecule has 0 spiro atoms. The maximum absolute atomic E-state index is 12.0. The van der Waals surface area contributed by atoms with Gasteiger partial charge in [-0.25, -0.2) is 0 Å². The number of nitrogens with one attached hydrogen (secondary N) is 2. The van der Waals surface area contributed by atoms with Gasteiger partial charge in [-0.1, -0.05) is 6.42 Å². The highest BCUT2D eigenvalue weighted by molar-refractivity contribution is 5.85. The molecule has 0 aliphatic carbocycles. The molecule has 19 heavy (non-hydrogen) atoms. The quantitative estimate of drug-likeness (QED) is 0.789. The van der Waals surface area contributed by atoms with Crippen LogP contribution in [0.15, 0.2) is 0 Å². The van der Waals surface area contributed by atoms with E-state index < -0.39 is 0 Å². The normalized spacial score (nSPS) is 28.9. The van der Waals surface area contributed by atoms with Crippen LogP contribution in [0.2, 0.25) is 0 Å². The monoisotopic (exact) mass is 267 g/mol. The first-order valence-corrected chi connectivity index (χ1v) is 7.45. The summed E-state index contributed by atoms with van der Waals surface area (Å²) < 4.78 is 0. The van der Waals surface area contributed by atoms with E-state index in [0.29, 0.717) is 12.5 Å². The second kappa shape index (κ2) is 6.89. The summed E-state index contributed by atoms with van der Waals surface area (Å²) in [5.41, 5.74) is 0. The van der Waals surface area contributed by atoms with Gasteiger partial charge in [0.1, 0.15) is 0 Å². The number of hydrogen-bond acceptors (Lipinski definition) is 3. The second-order valence-corrected chi connectivity index (χ2v) is 5.77. The molecule has 0 bridgehead atoms. The predicted molar refractivity (Wildman–Crippen MR) is 73.7 cm³/mol. The largest absolute Gasteiger partial charge is 0.352 e. The summed E-state index contributed by atoms with van der Waals surface area (Å²) in [5, 5.41) is 6.43. The van der Waals surface area contributed by atoms with Crippen molar-refractivity contribution in [1.29, 1.82) is 0 Å². The molecule has 0 aromatic carbocycles. The summed E-state index contributed by atoms with van der Waals surface area (Å²) in [4.78, 5) is 25.6. The van der Waals surface area contributed by atoms with Crippen molar-refractivity contribution in [2.24, 2.45) is 0 Å². The van der Waals surface area contributed by atoms with Crippen molar-refractivity contribution < 1.29 is 9.59 Å². The summed E-state index contributed by atoms with van der Waals surface area (Å²) in [7, 11) is 0. The number of amides is 2. The molecule has 2 amide bonds. The van der Waals surface area contributed by atoms with Crippen LogP contribution in [0.3, 0.4) is 0 Å². The Morgan fingerprint density at radius 2 is 2.26 bits per heavy atom. The summed E-state index contributed by atoms with van der Waals surface area (Å²) in [6.45, 7) is 4.05. The zero-order chi connectivity index (χ0) is 13.7. The van der Waals surface area contributed by atoms with Crippen molar-refractivity contribution in [3.63, 3.8) is 0 Å².